The van der Waals surface area contributed by atoms with Crippen LogP contribution in [-0.4, -0.2) is 18.5 Å². The van der Waals surface area contributed by atoms with Crippen LogP contribution in [0.2, 0.25) is 0 Å². The Morgan fingerprint density at radius 3 is 2.73 bits per heavy atom. The Morgan fingerprint density at radius 1 is 1.53 bits per heavy atom. The molecule has 0 radical (unpaired) electrons. The van der Waals surface area contributed by atoms with Gasteiger partial charge in [0.15, 0.2) is 0 Å². The van der Waals surface area contributed by atoms with Crippen molar-refractivity contribution < 1.29 is 4.79 Å². The Hall–Kier alpha value is -0.570. The molecule has 0 spiro atoms. The third-order valence-corrected chi connectivity index (χ3v) is 3.16. The van der Waals surface area contributed by atoms with Crippen LogP contribution in [0.25, 0.3) is 0 Å². The van der Waals surface area contributed by atoms with E-state index in [4.69, 9.17) is 5.73 Å². The predicted molar refractivity (Wildman–Crippen MR) is 62.4 cm³/mol. The normalized spacial score (nSPS) is 19.7. The van der Waals surface area contributed by atoms with Gasteiger partial charge in [-0.3, -0.25) is 4.79 Å². The highest BCUT2D eigenvalue weighted by Gasteiger charge is 2.27. The summed E-state index contributed by atoms with van der Waals surface area (Å²) in [6.07, 6.45) is 5.14. The van der Waals surface area contributed by atoms with E-state index >= 15 is 0 Å². The molecule has 0 heterocycles. The quantitative estimate of drug-likeness (QED) is 0.674. The van der Waals surface area contributed by atoms with Gasteiger partial charge in [0.05, 0.1) is 0 Å². The summed E-state index contributed by atoms with van der Waals surface area (Å²) in [4.78, 5) is 11.5. The monoisotopic (exact) mass is 212 g/mol. The summed E-state index contributed by atoms with van der Waals surface area (Å²) in [5.41, 5.74) is 5.80. The molecule has 2 atom stereocenters. The average molecular weight is 212 g/mol. The van der Waals surface area contributed by atoms with Gasteiger partial charge in [-0.05, 0) is 31.1 Å². The topological polar surface area (TPSA) is 55.1 Å². The first kappa shape index (κ1) is 12.5. The van der Waals surface area contributed by atoms with E-state index in [9.17, 15) is 4.79 Å². The molecule has 3 heteroatoms. The molecule has 1 amide bonds. The Bertz CT molecular complexity index is 202. The molecular weight excluding hydrogens is 188 g/mol. The number of nitrogens with two attached hydrogens (primary N) is 1. The van der Waals surface area contributed by atoms with E-state index < -0.39 is 0 Å². The minimum atomic E-state index is 0.0335. The first-order valence-corrected chi connectivity index (χ1v) is 6.15. The molecule has 0 bridgehead atoms. The third kappa shape index (κ3) is 5.17. The third-order valence-electron chi connectivity index (χ3n) is 3.16. The second-order valence-electron chi connectivity index (χ2n) is 4.87. The van der Waals surface area contributed by atoms with Crippen LogP contribution < -0.4 is 11.1 Å². The van der Waals surface area contributed by atoms with Gasteiger partial charge < -0.3 is 11.1 Å². The number of rotatable bonds is 7. The fraction of sp³-hybridized carbons (Fsp3) is 0.917. The number of nitrogens with one attached hydrogen (secondary N) is 1. The average Bonchev–Trinajstić information content (AvgIpc) is 2.97. The molecule has 2 unspecified atom stereocenters. The summed E-state index contributed by atoms with van der Waals surface area (Å²) in [5.74, 6) is 1.61. The minimum Gasteiger partial charge on any atom is -0.356 e. The molecule has 3 nitrogen and oxygen atoms in total. The summed E-state index contributed by atoms with van der Waals surface area (Å²) < 4.78 is 0. The highest BCUT2D eigenvalue weighted by atomic mass is 16.1. The molecule has 0 saturated heterocycles. The van der Waals surface area contributed by atoms with Gasteiger partial charge in [-0.1, -0.05) is 20.3 Å². The van der Waals surface area contributed by atoms with E-state index in [0.717, 1.165) is 25.3 Å². The van der Waals surface area contributed by atoms with Crippen LogP contribution in [0.4, 0.5) is 0 Å². The Balaban J connectivity index is 2.06. The smallest absolute Gasteiger partial charge is 0.221 e. The maximum Gasteiger partial charge on any atom is 0.221 e. The summed E-state index contributed by atoms with van der Waals surface area (Å²) in [6.45, 7) is 5.12. The van der Waals surface area contributed by atoms with E-state index in [-0.39, 0.29) is 11.9 Å². The molecule has 0 aliphatic heterocycles. The summed E-state index contributed by atoms with van der Waals surface area (Å²) in [6, 6.07) is 0.0335. The molecule has 88 valence electrons. The predicted octanol–water partition coefficient (Wildman–Crippen LogP) is 1.67. The summed E-state index contributed by atoms with van der Waals surface area (Å²) in [7, 11) is 0. The molecule has 15 heavy (non-hydrogen) atoms. The Kier molecular flexibility index (Phi) is 5.09. The van der Waals surface area contributed by atoms with Gasteiger partial charge in [0.1, 0.15) is 0 Å². The highest BCUT2D eigenvalue weighted by Crippen LogP contribution is 2.36. The molecule has 1 aliphatic rings. The number of carbonyl (C=O) groups is 1. The molecule has 0 aromatic rings. The van der Waals surface area contributed by atoms with E-state index in [1.165, 1.54) is 12.8 Å². The number of hydrogen-bond donors (Lipinski definition) is 2. The Labute approximate surface area is 92.8 Å². The van der Waals surface area contributed by atoms with E-state index in [2.05, 4.69) is 19.2 Å². The Morgan fingerprint density at radius 2 is 2.20 bits per heavy atom. The minimum absolute atomic E-state index is 0.0335. The molecule has 0 aromatic carbocycles. The van der Waals surface area contributed by atoms with Crippen molar-refractivity contribution in [1.29, 1.82) is 0 Å². The highest BCUT2D eigenvalue weighted by molar-refractivity contribution is 5.76. The fourth-order valence-corrected chi connectivity index (χ4v) is 1.89. The van der Waals surface area contributed by atoms with Crippen LogP contribution in [0, 0.1) is 11.8 Å². The molecule has 3 N–H and O–H groups in total. The van der Waals surface area contributed by atoms with Crippen LogP contribution in [-0.2, 0) is 4.79 Å². The summed E-state index contributed by atoms with van der Waals surface area (Å²) >= 11 is 0. The first-order valence-electron chi connectivity index (χ1n) is 6.15. The van der Waals surface area contributed by atoms with Gasteiger partial charge in [-0.25, -0.2) is 0 Å². The van der Waals surface area contributed by atoms with Crippen molar-refractivity contribution in [2.75, 3.05) is 6.54 Å². The van der Waals surface area contributed by atoms with Crippen molar-refractivity contribution in [2.45, 2.75) is 52.0 Å². The van der Waals surface area contributed by atoms with Gasteiger partial charge in [0.2, 0.25) is 5.91 Å². The van der Waals surface area contributed by atoms with Crippen molar-refractivity contribution in [3.8, 4) is 0 Å². The van der Waals surface area contributed by atoms with Crippen molar-refractivity contribution in [1.82, 2.24) is 5.32 Å². The lowest BCUT2D eigenvalue weighted by molar-refractivity contribution is -0.121. The zero-order chi connectivity index (χ0) is 11.3. The van der Waals surface area contributed by atoms with Gasteiger partial charge in [0.25, 0.3) is 0 Å². The van der Waals surface area contributed by atoms with E-state index in [0.29, 0.717) is 12.3 Å². The number of amides is 1. The largest absolute Gasteiger partial charge is 0.356 e. The summed E-state index contributed by atoms with van der Waals surface area (Å²) in [5, 5.41) is 2.97. The fourth-order valence-electron chi connectivity index (χ4n) is 1.89. The van der Waals surface area contributed by atoms with Crippen LogP contribution in [0.3, 0.4) is 0 Å². The number of carbonyl (C=O) groups excluding carboxylic acids is 1. The van der Waals surface area contributed by atoms with Gasteiger partial charge >= 0.3 is 0 Å². The molecule has 1 saturated carbocycles. The molecule has 1 fully saturated rings. The van der Waals surface area contributed by atoms with E-state index in [1.807, 2.05) is 0 Å². The number of hydrogen-bond acceptors (Lipinski definition) is 2. The lowest BCUT2D eigenvalue weighted by Gasteiger charge is -2.13. The van der Waals surface area contributed by atoms with Gasteiger partial charge in [-0.15, -0.1) is 0 Å². The zero-order valence-corrected chi connectivity index (χ0v) is 9.96. The molecule has 1 aliphatic carbocycles. The second kappa shape index (κ2) is 6.11. The van der Waals surface area contributed by atoms with Crippen LogP contribution in [0.1, 0.15) is 46.0 Å². The van der Waals surface area contributed by atoms with E-state index in [1.54, 1.807) is 0 Å². The van der Waals surface area contributed by atoms with Crippen LogP contribution >= 0.6 is 0 Å². The maximum atomic E-state index is 11.5. The first-order chi connectivity index (χ1) is 7.13. The van der Waals surface area contributed by atoms with Crippen molar-refractivity contribution >= 4 is 5.91 Å². The van der Waals surface area contributed by atoms with Crippen molar-refractivity contribution in [2.24, 2.45) is 17.6 Å². The lowest BCUT2D eigenvalue weighted by atomic mass is 10.1. The zero-order valence-electron chi connectivity index (χ0n) is 9.96. The van der Waals surface area contributed by atoms with Crippen molar-refractivity contribution in [3.05, 3.63) is 0 Å². The van der Waals surface area contributed by atoms with Gasteiger partial charge in [-0.2, -0.15) is 0 Å². The molecule has 0 aromatic heterocycles. The lowest BCUT2D eigenvalue weighted by Crippen LogP contribution is -2.34. The maximum absolute atomic E-state index is 11.5. The molecular formula is C12H24N2O. The van der Waals surface area contributed by atoms with Crippen LogP contribution in [0.15, 0.2) is 0 Å². The van der Waals surface area contributed by atoms with Gasteiger partial charge in [0, 0.05) is 19.0 Å². The van der Waals surface area contributed by atoms with Crippen LogP contribution in [0.5, 0.6) is 0 Å². The standard InChI is InChI=1S/C12H24N2O/c1-3-4-11(13)7-12(15)14-8-9(2)10-5-6-10/h9-11H,3-8,13H2,1-2H3,(H,14,15). The molecule has 1 rings (SSSR count). The van der Waals surface area contributed by atoms with Crippen molar-refractivity contribution in [3.63, 3.8) is 0 Å². The second-order valence-corrected chi connectivity index (χ2v) is 4.87. The SMILES string of the molecule is CCCC(N)CC(=O)NCC(C)C1CC1.